The zero-order chi connectivity index (χ0) is 20.2. The van der Waals surface area contributed by atoms with E-state index in [1.54, 1.807) is 18.2 Å². The minimum Gasteiger partial charge on any atom is -0.489 e. The van der Waals surface area contributed by atoms with Crippen molar-refractivity contribution in [2.45, 2.75) is 6.61 Å². The number of aliphatic imine (C=N–C) groups is 1. The van der Waals surface area contributed by atoms with Crippen LogP contribution in [0.5, 0.6) is 5.75 Å². The summed E-state index contributed by atoms with van der Waals surface area (Å²) in [5.74, 6) is -0.431. The molecule has 0 N–H and O–H groups in total. The third-order valence-corrected chi connectivity index (χ3v) is 4.76. The summed E-state index contributed by atoms with van der Waals surface area (Å²) in [4.78, 5) is 16.2. The van der Waals surface area contributed by atoms with E-state index in [1.165, 1.54) is 12.1 Å². The van der Waals surface area contributed by atoms with Crippen molar-refractivity contribution in [2.75, 3.05) is 0 Å². The second kappa shape index (κ2) is 8.41. The zero-order valence-electron chi connectivity index (χ0n) is 15.1. The van der Waals surface area contributed by atoms with E-state index in [0.717, 1.165) is 15.6 Å². The van der Waals surface area contributed by atoms with Gasteiger partial charge in [0, 0.05) is 4.47 Å². The number of esters is 1. The molecule has 0 spiro atoms. The smallest absolute Gasteiger partial charge is 0.363 e. The third kappa shape index (κ3) is 4.60. The lowest BCUT2D eigenvalue weighted by atomic mass is 10.2. The van der Waals surface area contributed by atoms with Gasteiger partial charge in [0.05, 0.1) is 5.56 Å². The quantitative estimate of drug-likeness (QED) is 0.379. The average Bonchev–Trinajstić information content (AvgIpc) is 3.09. The van der Waals surface area contributed by atoms with Gasteiger partial charge >= 0.3 is 5.97 Å². The van der Waals surface area contributed by atoms with Crippen molar-refractivity contribution in [3.05, 3.63) is 105 Å². The second-order valence-corrected chi connectivity index (χ2v) is 7.22. The molecule has 0 aromatic heterocycles. The Morgan fingerprint density at radius 1 is 1.00 bits per heavy atom. The molecule has 0 bridgehead atoms. The number of rotatable bonds is 5. The first-order chi connectivity index (χ1) is 14.1. The van der Waals surface area contributed by atoms with E-state index in [2.05, 4.69) is 20.9 Å². The molecule has 29 heavy (non-hydrogen) atoms. The maximum atomic E-state index is 13.9. The Labute approximate surface area is 175 Å². The summed E-state index contributed by atoms with van der Waals surface area (Å²) in [5.41, 5.74) is 2.09. The van der Waals surface area contributed by atoms with E-state index in [-0.39, 0.29) is 17.2 Å². The highest BCUT2D eigenvalue weighted by Gasteiger charge is 2.25. The van der Waals surface area contributed by atoms with E-state index in [1.807, 2.05) is 48.5 Å². The van der Waals surface area contributed by atoms with E-state index < -0.39 is 11.8 Å². The van der Waals surface area contributed by atoms with Gasteiger partial charge in [0.25, 0.3) is 0 Å². The van der Waals surface area contributed by atoms with Crippen LogP contribution >= 0.6 is 15.9 Å². The number of carbonyl (C=O) groups excluding carboxylic acids is 1. The van der Waals surface area contributed by atoms with Crippen LogP contribution in [0.1, 0.15) is 16.7 Å². The van der Waals surface area contributed by atoms with Crippen LogP contribution in [-0.2, 0) is 16.1 Å². The van der Waals surface area contributed by atoms with Gasteiger partial charge in [-0.25, -0.2) is 14.2 Å². The molecule has 1 aliphatic heterocycles. The minimum absolute atomic E-state index is 0.0335. The lowest BCUT2D eigenvalue weighted by Gasteiger charge is -2.06. The Morgan fingerprint density at radius 2 is 1.72 bits per heavy atom. The Kier molecular flexibility index (Phi) is 5.53. The number of hydrogen-bond acceptors (Lipinski definition) is 4. The van der Waals surface area contributed by atoms with Gasteiger partial charge in [0.15, 0.2) is 5.70 Å². The molecule has 3 aromatic rings. The van der Waals surface area contributed by atoms with Crippen LogP contribution in [0.3, 0.4) is 0 Å². The van der Waals surface area contributed by atoms with E-state index in [9.17, 15) is 9.18 Å². The van der Waals surface area contributed by atoms with Crippen molar-refractivity contribution < 1.29 is 18.7 Å². The predicted octanol–water partition coefficient (Wildman–Crippen LogP) is 5.51. The van der Waals surface area contributed by atoms with Gasteiger partial charge in [-0.3, -0.25) is 0 Å². The zero-order valence-corrected chi connectivity index (χ0v) is 16.7. The Morgan fingerprint density at radius 3 is 2.45 bits per heavy atom. The number of hydrogen-bond donors (Lipinski definition) is 0. The van der Waals surface area contributed by atoms with Crippen LogP contribution in [0.25, 0.3) is 6.08 Å². The monoisotopic (exact) mass is 451 g/mol. The molecule has 0 amide bonds. The topological polar surface area (TPSA) is 47.9 Å². The summed E-state index contributed by atoms with van der Waals surface area (Å²) in [5, 5.41) is 0. The van der Waals surface area contributed by atoms with Crippen LogP contribution < -0.4 is 4.74 Å². The molecule has 0 atom stereocenters. The molecule has 144 valence electrons. The molecular formula is C23H15BrFNO3. The normalized spacial score (nSPS) is 14.6. The van der Waals surface area contributed by atoms with Crippen LogP contribution in [0.4, 0.5) is 4.39 Å². The first-order valence-corrected chi connectivity index (χ1v) is 9.62. The number of halogens is 2. The maximum Gasteiger partial charge on any atom is 0.363 e. The molecule has 0 saturated heterocycles. The van der Waals surface area contributed by atoms with Crippen LogP contribution in [0.2, 0.25) is 0 Å². The molecule has 4 rings (SSSR count). The highest BCUT2D eigenvalue weighted by molar-refractivity contribution is 9.10. The van der Waals surface area contributed by atoms with Crippen molar-refractivity contribution >= 4 is 33.9 Å². The Hall–Kier alpha value is -3.25. The highest BCUT2D eigenvalue weighted by atomic mass is 79.9. The minimum atomic E-state index is -0.612. The fourth-order valence-corrected chi connectivity index (χ4v) is 2.99. The molecule has 0 radical (unpaired) electrons. The summed E-state index contributed by atoms with van der Waals surface area (Å²) >= 11 is 3.40. The van der Waals surface area contributed by atoms with Gasteiger partial charge in [0.1, 0.15) is 18.2 Å². The fourth-order valence-electron chi connectivity index (χ4n) is 2.72. The number of carbonyl (C=O) groups is 1. The molecule has 0 unspecified atom stereocenters. The lowest BCUT2D eigenvalue weighted by molar-refractivity contribution is -0.129. The van der Waals surface area contributed by atoms with Gasteiger partial charge in [-0.15, -0.1) is 0 Å². The summed E-state index contributed by atoms with van der Waals surface area (Å²) in [6.45, 7) is 0.455. The van der Waals surface area contributed by atoms with Gasteiger partial charge in [-0.1, -0.05) is 52.3 Å². The molecule has 6 heteroatoms. The van der Waals surface area contributed by atoms with Gasteiger partial charge in [0.2, 0.25) is 5.90 Å². The standard InChI is InChI=1S/C23H15BrFNO3/c24-17-9-5-16(6-10-17)14-28-18-11-7-15(8-12-18)13-21-23(27)29-22(26-21)19-3-1-2-4-20(19)25/h1-13H,14H2/b21-13-. The van der Waals surface area contributed by atoms with Gasteiger partial charge in [-0.05, 0) is 53.6 Å². The van der Waals surface area contributed by atoms with Crippen molar-refractivity contribution in [1.29, 1.82) is 0 Å². The number of benzene rings is 3. The summed E-state index contributed by atoms with van der Waals surface area (Å²) in [6, 6.07) is 21.2. The summed E-state index contributed by atoms with van der Waals surface area (Å²) in [7, 11) is 0. The predicted molar refractivity (Wildman–Crippen MR) is 112 cm³/mol. The third-order valence-electron chi connectivity index (χ3n) is 4.23. The molecular weight excluding hydrogens is 437 g/mol. The molecule has 0 fully saturated rings. The first kappa shape index (κ1) is 19.1. The van der Waals surface area contributed by atoms with Crippen LogP contribution in [0.15, 0.2) is 88.0 Å². The van der Waals surface area contributed by atoms with Gasteiger partial charge < -0.3 is 9.47 Å². The average molecular weight is 452 g/mol. The maximum absolute atomic E-state index is 13.9. The van der Waals surface area contributed by atoms with Crippen molar-refractivity contribution in [1.82, 2.24) is 0 Å². The first-order valence-electron chi connectivity index (χ1n) is 8.83. The SMILES string of the molecule is O=C1OC(c2ccccc2F)=N/C1=C\c1ccc(OCc2ccc(Br)cc2)cc1. The largest absolute Gasteiger partial charge is 0.489 e. The molecule has 1 heterocycles. The number of cyclic esters (lactones) is 1. The Bertz CT molecular complexity index is 1110. The van der Waals surface area contributed by atoms with Crippen LogP contribution in [0, 0.1) is 5.82 Å². The molecule has 0 aliphatic carbocycles. The Balaban J connectivity index is 1.46. The number of ether oxygens (including phenoxy) is 2. The molecule has 1 aliphatic rings. The van der Waals surface area contributed by atoms with E-state index in [4.69, 9.17) is 9.47 Å². The van der Waals surface area contributed by atoms with Crippen molar-refractivity contribution in [3.63, 3.8) is 0 Å². The van der Waals surface area contributed by atoms with Gasteiger partial charge in [-0.2, -0.15) is 0 Å². The molecule has 3 aromatic carbocycles. The highest BCUT2D eigenvalue weighted by Crippen LogP contribution is 2.22. The number of nitrogens with zero attached hydrogens (tertiary/aromatic N) is 1. The second-order valence-electron chi connectivity index (χ2n) is 6.30. The summed E-state index contributed by atoms with van der Waals surface area (Å²) < 4.78 is 25.8. The van der Waals surface area contributed by atoms with E-state index in [0.29, 0.717) is 12.4 Å². The summed E-state index contributed by atoms with van der Waals surface area (Å²) in [6.07, 6.45) is 1.59. The lowest BCUT2D eigenvalue weighted by Crippen LogP contribution is -2.07. The van der Waals surface area contributed by atoms with Crippen LogP contribution in [-0.4, -0.2) is 11.9 Å². The van der Waals surface area contributed by atoms with E-state index >= 15 is 0 Å². The van der Waals surface area contributed by atoms with Crippen molar-refractivity contribution in [3.8, 4) is 5.75 Å². The molecule has 4 nitrogen and oxygen atoms in total. The van der Waals surface area contributed by atoms with Crippen molar-refractivity contribution in [2.24, 2.45) is 4.99 Å². The molecule has 0 saturated carbocycles. The fraction of sp³-hybridized carbons (Fsp3) is 0.0435.